The van der Waals surface area contributed by atoms with Gasteiger partial charge >= 0.3 is 0 Å². The Labute approximate surface area is 230 Å². The lowest BCUT2D eigenvalue weighted by atomic mass is 10.1. The largest absolute Gasteiger partial charge is 0.361 e. The van der Waals surface area contributed by atoms with Crippen molar-refractivity contribution in [2.75, 3.05) is 31.5 Å². The van der Waals surface area contributed by atoms with Gasteiger partial charge in [-0.05, 0) is 67.3 Å². The second-order valence-corrected chi connectivity index (χ2v) is 10.7. The van der Waals surface area contributed by atoms with Crippen molar-refractivity contribution in [2.24, 2.45) is 0 Å². The minimum absolute atomic E-state index is 0.502. The summed E-state index contributed by atoms with van der Waals surface area (Å²) in [5, 5.41) is 14.4. The monoisotopic (exact) mass is 517 g/mol. The zero-order valence-corrected chi connectivity index (χ0v) is 22.5. The smallest absolute Gasteiger partial charge is 0.103 e. The van der Waals surface area contributed by atoms with E-state index in [9.17, 15) is 5.26 Å². The van der Waals surface area contributed by atoms with Gasteiger partial charge in [0.1, 0.15) is 6.07 Å². The molecule has 2 fully saturated rings. The topological polar surface area (TPSA) is 83.9 Å². The Morgan fingerprint density at radius 1 is 1.03 bits per heavy atom. The van der Waals surface area contributed by atoms with Crippen molar-refractivity contribution in [3.8, 4) is 6.07 Å². The van der Waals surface area contributed by atoms with Crippen molar-refractivity contribution in [3.63, 3.8) is 0 Å². The van der Waals surface area contributed by atoms with Crippen molar-refractivity contribution in [2.45, 2.75) is 45.2 Å². The molecule has 39 heavy (non-hydrogen) atoms. The van der Waals surface area contributed by atoms with E-state index in [2.05, 4.69) is 62.3 Å². The number of benzene rings is 1. The van der Waals surface area contributed by atoms with Crippen molar-refractivity contribution in [1.82, 2.24) is 24.8 Å². The standard InChI is InChI=1S/C32H35N7/c1-23-29-12-13-35-31(29)11-10-30(23)37-32-25(20-34-21-26(32)18-33)7-9-27-8-6-24(19-36-27)22-38-14-16-39(17-15-38)28-4-2-3-5-28/h6-13,19-21,28,35H,2-5,14-17,22H2,1H3,(H,34,37). The van der Waals surface area contributed by atoms with Crippen molar-refractivity contribution in [1.29, 1.82) is 5.26 Å². The van der Waals surface area contributed by atoms with Crippen molar-refractivity contribution in [3.05, 3.63) is 83.1 Å². The van der Waals surface area contributed by atoms with E-state index >= 15 is 0 Å². The van der Waals surface area contributed by atoms with Crippen LogP contribution in [0.1, 0.15) is 53.6 Å². The Hall–Kier alpha value is -3.99. The molecule has 2 aliphatic rings. The van der Waals surface area contributed by atoms with Gasteiger partial charge in [0.15, 0.2) is 0 Å². The first-order valence-electron chi connectivity index (χ1n) is 14.0. The fourth-order valence-corrected chi connectivity index (χ4v) is 6.00. The second-order valence-electron chi connectivity index (χ2n) is 10.7. The molecule has 0 spiro atoms. The molecule has 0 amide bonds. The first-order chi connectivity index (χ1) is 19.2. The third kappa shape index (κ3) is 5.58. The summed E-state index contributed by atoms with van der Waals surface area (Å²) >= 11 is 0. The zero-order valence-electron chi connectivity index (χ0n) is 22.5. The molecule has 4 aromatic rings. The van der Waals surface area contributed by atoms with E-state index in [1.165, 1.54) is 44.3 Å². The predicted octanol–water partition coefficient (Wildman–Crippen LogP) is 6.11. The molecule has 0 atom stereocenters. The Kier molecular flexibility index (Phi) is 7.40. The van der Waals surface area contributed by atoms with Gasteiger partial charge in [-0.2, -0.15) is 5.26 Å². The van der Waals surface area contributed by atoms with Crippen LogP contribution in [0.5, 0.6) is 0 Å². The van der Waals surface area contributed by atoms with E-state index in [1.807, 2.05) is 30.6 Å². The molecule has 4 heterocycles. The van der Waals surface area contributed by atoms with Crippen LogP contribution in [0.15, 0.2) is 55.1 Å². The number of nitrogens with zero attached hydrogens (tertiary/aromatic N) is 5. The number of aromatic amines is 1. The molecule has 7 heteroatoms. The number of hydrogen-bond acceptors (Lipinski definition) is 6. The number of piperazine rings is 1. The van der Waals surface area contributed by atoms with Crippen LogP contribution in [0.25, 0.3) is 23.1 Å². The average molecular weight is 518 g/mol. The second kappa shape index (κ2) is 11.4. The highest BCUT2D eigenvalue weighted by atomic mass is 15.3. The number of rotatable bonds is 7. The lowest BCUT2D eigenvalue weighted by Gasteiger charge is -2.38. The summed E-state index contributed by atoms with van der Waals surface area (Å²) in [6.07, 6.45) is 16.8. The maximum atomic E-state index is 9.77. The Bertz CT molecular complexity index is 1500. The third-order valence-electron chi connectivity index (χ3n) is 8.29. The molecule has 1 aliphatic heterocycles. The van der Waals surface area contributed by atoms with E-state index in [0.717, 1.165) is 64.8 Å². The highest BCUT2D eigenvalue weighted by Gasteiger charge is 2.26. The van der Waals surface area contributed by atoms with Crippen LogP contribution in [0.4, 0.5) is 11.4 Å². The molecule has 7 nitrogen and oxygen atoms in total. The summed E-state index contributed by atoms with van der Waals surface area (Å²) in [6.45, 7) is 7.66. The highest BCUT2D eigenvalue weighted by molar-refractivity contribution is 5.90. The molecule has 1 saturated carbocycles. The molecule has 1 aromatic carbocycles. The minimum atomic E-state index is 0.502. The maximum absolute atomic E-state index is 9.77. The Balaban J connectivity index is 1.13. The number of hydrogen-bond donors (Lipinski definition) is 2. The highest BCUT2D eigenvalue weighted by Crippen LogP contribution is 2.31. The average Bonchev–Trinajstić information content (AvgIpc) is 3.68. The van der Waals surface area contributed by atoms with Crippen LogP contribution >= 0.6 is 0 Å². The molecule has 0 unspecified atom stereocenters. The van der Waals surface area contributed by atoms with Crippen LogP contribution < -0.4 is 5.32 Å². The fraction of sp³-hybridized carbons (Fsp3) is 0.344. The SMILES string of the molecule is Cc1c(Nc2c(C#N)cncc2C=Cc2ccc(CN3CCN(C4CCCC4)CC3)cn2)ccc2[nH]ccc12. The number of anilines is 2. The first-order valence-corrected chi connectivity index (χ1v) is 14.0. The molecule has 1 aliphatic carbocycles. The number of H-pyrrole nitrogens is 1. The van der Waals surface area contributed by atoms with Crippen LogP contribution in [0.3, 0.4) is 0 Å². The molecule has 1 saturated heterocycles. The lowest BCUT2D eigenvalue weighted by molar-refractivity contribution is 0.0936. The number of nitriles is 1. The summed E-state index contributed by atoms with van der Waals surface area (Å²) in [5.41, 5.74) is 7.39. The van der Waals surface area contributed by atoms with Gasteiger partial charge in [-0.1, -0.05) is 18.9 Å². The van der Waals surface area contributed by atoms with Gasteiger partial charge in [-0.3, -0.25) is 19.8 Å². The molecule has 0 bridgehead atoms. The third-order valence-corrected chi connectivity index (χ3v) is 8.29. The van der Waals surface area contributed by atoms with Crippen LogP contribution in [0.2, 0.25) is 0 Å². The minimum Gasteiger partial charge on any atom is -0.361 e. The van der Waals surface area contributed by atoms with Crippen LogP contribution in [-0.2, 0) is 6.54 Å². The molecule has 198 valence electrons. The summed E-state index contributed by atoms with van der Waals surface area (Å²) in [4.78, 5) is 17.5. The molecular formula is C32H35N7. The quantitative estimate of drug-likeness (QED) is 0.308. The Morgan fingerprint density at radius 2 is 1.87 bits per heavy atom. The van der Waals surface area contributed by atoms with Crippen molar-refractivity contribution >= 4 is 34.4 Å². The van der Waals surface area contributed by atoms with E-state index < -0.39 is 0 Å². The summed E-state index contributed by atoms with van der Waals surface area (Å²) in [7, 11) is 0. The Morgan fingerprint density at radius 3 is 2.64 bits per heavy atom. The van der Waals surface area contributed by atoms with Gasteiger partial charge in [0.25, 0.3) is 0 Å². The number of aryl methyl sites for hydroxylation is 1. The maximum Gasteiger partial charge on any atom is 0.103 e. The van der Waals surface area contributed by atoms with Gasteiger partial charge in [0.2, 0.25) is 0 Å². The van der Waals surface area contributed by atoms with E-state index in [0.29, 0.717) is 5.56 Å². The predicted molar refractivity (Wildman–Crippen MR) is 158 cm³/mol. The number of pyridine rings is 2. The van der Waals surface area contributed by atoms with Crippen molar-refractivity contribution < 1.29 is 0 Å². The molecule has 2 N–H and O–H groups in total. The zero-order chi connectivity index (χ0) is 26.6. The fourth-order valence-electron chi connectivity index (χ4n) is 6.00. The van der Waals surface area contributed by atoms with E-state index in [4.69, 9.17) is 4.98 Å². The lowest BCUT2D eigenvalue weighted by Crippen LogP contribution is -2.49. The summed E-state index contributed by atoms with van der Waals surface area (Å²) in [5.74, 6) is 0. The summed E-state index contributed by atoms with van der Waals surface area (Å²) in [6, 6.07) is 13.5. The van der Waals surface area contributed by atoms with E-state index in [-0.39, 0.29) is 0 Å². The number of nitrogens with one attached hydrogen (secondary N) is 2. The number of aromatic nitrogens is 3. The van der Waals surface area contributed by atoms with Crippen LogP contribution in [0, 0.1) is 18.3 Å². The summed E-state index contributed by atoms with van der Waals surface area (Å²) < 4.78 is 0. The number of fused-ring (bicyclic) bond motifs is 1. The van der Waals surface area contributed by atoms with Gasteiger partial charge in [0, 0.05) is 85.7 Å². The normalized spacial score (nSPS) is 17.2. The van der Waals surface area contributed by atoms with Gasteiger partial charge in [-0.25, -0.2) is 0 Å². The van der Waals surface area contributed by atoms with Gasteiger partial charge < -0.3 is 10.3 Å². The molecule has 0 radical (unpaired) electrons. The molecule has 3 aromatic heterocycles. The molecular weight excluding hydrogens is 482 g/mol. The first kappa shape index (κ1) is 25.3. The van der Waals surface area contributed by atoms with E-state index in [1.54, 1.807) is 12.4 Å². The van der Waals surface area contributed by atoms with Gasteiger partial charge in [0.05, 0.1) is 16.9 Å². The molecule has 6 rings (SSSR count). The van der Waals surface area contributed by atoms with Crippen LogP contribution in [-0.4, -0.2) is 57.0 Å². The van der Waals surface area contributed by atoms with Gasteiger partial charge in [-0.15, -0.1) is 0 Å².